The fourth-order valence-corrected chi connectivity index (χ4v) is 1.88. The van der Waals surface area contributed by atoms with E-state index in [2.05, 4.69) is 6.92 Å². The number of unbranched alkanes of at least 4 members (excludes halogenated alkanes) is 1. The van der Waals surface area contributed by atoms with Gasteiger partial charge in [-0.2, -0.15) is 0 Å². The van der Waals surface area contributed by atoms with Gasteiger partial charge in [-0.15, -0.1) is 11.8 Å². The molecule has 0 aromatic rings. The van der Waals surface area contributed by atoms with Crippen molar-refractivity contribution in [1.29, 1.82) is 0 Å². The van der Waals surface area contributed by atoms with Crippen molar-refractivity contribution in [1.82, 2.24) is 0 Å². The van der Waals surface area contributed by atoms with E-state index in [4.69, 9.17) is 4.74 Å². The zero-order chi connectivity index (χ0) is 7.23. The zero-order valence-electron chi connectivity index (χ0n) is 6.56. The highest BCUT2D eigenvalue weighted by atomic mass is 32.2. The Morgan fingerprint density at radius 3 is 3.10 bits per heavy atom. The summed E-state index contributed by atoms with van der Waals surface area (Å²) in [4.78, 5) is 0. The van der Waals surface area contributed by atoms with Gasteiger partial charge < -0.3 is 4.74 Å². The van der Waals surface area contributed by atoms with E-state index in [1.807, 2.05) is 11.8 Å². The molecule has 0 aliphatic carbocycles. The van der Waals surface area contributed by atoms with Gasteiger partial charge >= 0.3 is 0 Å². The normalized spacial score (nSPS) is 21.3. The molecule has 1 aliphatic heterocycles. The fraction of sp³-hybridized carbons (Fsp3) is 0.875. The van der Waals surface area contributed by atoms with E-state index in [0.29, 0.717) is 0 Å². The van der Waals surface area contributed by atoms with Crippen LogP contribution in [0.4, 0.5) is 0 Å². The molecule has 0 saturated carbocycles. The first-order valence-electron chi connectivity index (χ1n) is 4.05. The Morgan fingerprint density at radius 1 is 1.60 bits per heavy atom. The summed E-state index contributed by atoms with van der Waals surface area (Å²) in [5, 5.41) is 0. The van der Waals surface area contributed by atoms with Gasteiger partial charge in [-0.1, -0.05) is 13.3 Å². The Labute approximate surface area is 67.5 Å². The van der Waals surface area contributed by atoms with Gasteiger partial charge in [0, 0.05) is 6.61 Å². The first kappa shape index (κ1) is 8.41. The number of hydrogen-bond donors (Lipinski definition) is 0. The molecule has 10 heavy (non-hydrogen) atoms. The maximum absolute atomic E-state index is 5.46. The fourth-order valence-electron chi connectivity index (χ4n) is 0.938. The van der Waals surface area contributed by atoms with Crippen LogP contribution in [-0.4, -0.2) is 12.4 Å². The standard InChI is InChI=1S/C8H15OS/c1-2-3-5-8-9-6-4-7-10-8/h2-7H2,1H3. The van der Waals surface area contributed by atoms with Crippen molar-refractivity contribution in [3.8, 4) is 0 Å². The summed E-state index contributed by atoms with van der Waals surface area (Å²) in [5.41, 5.74) is 1.27. The van der Waals surface area contributed by atoms with Crippen LogP contribution < -0.4 is 0 Å². The third-order valence-electron chi connectivity index (χ3n) is 1.55. The molecular weight excluding hydrogens is 144 g/mol. The van der Waals surface area contributed by atoms with E-state index in [9.17, 15) is 0 Å². The van der Waals surface area contributed by atoms with Crippen LogP contribution in [0.3, 0.4) is 0 Å². The number of hydrogen-bond acceptors (Lipinski definition) is 2. The zero-order valence-corrected chi connectivity index (χ0v) is 7.38. The summed E-state index contributed by atoms with van der Waals surface area (Å²) in [5.74, 6) is 1.26. The molecule has 0 unspecified atom stereocenters. The van der Waals surface area contributed by atoms with E-state index in [0.717, 1.165) is 6.61 Å². The molecule has 1 nitrogen and oxygen atoms in total. The van der Waals surface area contributed by atoms with Crippen LogP contribution in [0.15, 0.2) is 0 Å². The van der Waals surface area contributed by atoms with Crippen LogP contribution in [0.2, 0.25) is 0 Å². The summed E-state index contributed by atoms with van der Waals surface area (Å²) in [6, 6.07) is 0. The number of rotatable bonds is 3. The monoisotopic (exact) mass is 159 g/mol. The smallest absolute Gasteiger partial charge is 0.151 e. The van der Waals surface area contributed by atoms with Crippen LogP contribution >= 0.6 is 11.8 Å². The molecule has 0 N–H and O–H groups in total. The van der Waals surface area contributed by atoms with Gasteiger partial charge in [0.1, 0.15) is 0 Å². The molecule has 0 bridgehead atoms. The van der Waals surface area contributed by atoms with Crippen LogP contribution in [0, 0.1) is 5.44 Å². The van der Waals surface area contributed by atoms with Crippen molar-refractivity contribution in [2.24, 2.45) is 0 Å². The van der Waals surface area contributed by atoms with Gasteiger partial charge in [0.2, 0.25) is 0 Å². The Hall–Kier alpha value is 0.310. The number of ether oxygens (including phenoxy) is 1. The Morgan fingerprint density at radius 2 is 2.50 bits per heavy atom. The molecule has 0 aromatic heterocycles. The quantitative estimate of drug-likeness (QED) is 0.626. The maximum atomic E-state index is 5.46. The topological polar surface area (TPSA) is 9.23 Å². The molecule has 1 radical (unpaired) electrons. The molecule has 1 saturated heterocycles. The predicted octanol–water partition coefficient (Wildman–Crippen LogP) is 2.82. The van der Waals surface area contributed by atoms with Crippen LogP contribution in [0.1, 0.15) is 32.6 Å². The lowest BCUT2D eigenvalue weighted by Gasteiger charge is -2.20. The Kier molecular flexibility index (Phi) is 4.23. The number of thioether (sulfide) groups is 1. The first-order valence-corrected chi connectivity index (χ1v) is 5.03. The second-order valence-corrected chi connectivity index (χ2v) is 3.68. The summed E-state index contributed by atoms with van der Waals surface area (Å²) >= 11 is 1.90. The van der Waals surface area contributed by atoms with Gasteiger partial charge in [-0.25, -0.2) is 0 Å². The second kappa shape index (κ2) is 5.03. The molecule has 1 aliphatic rings. The van der Waals surface area contributed by atoms with Crippen LogP contribution in [-0.2, 0) is 4.74 Å². The molecule has 1 rings (SSSR count). The van der Waals surface area contributed by atoms with E-state index in [-0.39, 0.29) is 0 Å². The summed E-state index contributed by atoms with van der Waals surface area (Å²) in [7, 11) is 0. The predicted molar refractivity (Wildman–Crippen MR) is 45.8 cm³/mol. The van der Waals surface area contributed by atoms with Gasteiger partial charge in [-0.3, -0.25) is 0 Å². The largest absolute Gasteiger partial charge is 0.360 e. The molecule has 0 spiro atoms. The van der Waals surface area contributed by atoms with Crippen molar-refractivity contribution < 1.29 is 4.74 Å². The highest BCUT2D eigenvalue weighted by Crippen LogP contribution is 2.30. The van der Waals surface area contributed by atoms with Crippen LogP contribution in [0.5, 0.6) is 0 Å². The lowest BCUT2D eigenvalue weighted by molar-refractivity contribution is 0.168. The van der Waals surface area contributed by atoms with Crippen molar-refractivity contribution in [2.75, 3.05) is 12.4 Å². The summed E-state index contributed by atoms with van der Waals surface area (Å²) in [6.07, 6.45) is 4.94. The Bertz CT molecular complexity index is 79.3. The SMILES string of the molecule is CCCC[C]1OCCCS1. The average Bonchev–Trinajstić information content (AvgIpc) is 2.03. The minimum Gasteiger partial charge on any atom is -0.360 e. The Balaban J connectivity index is 2.02. The van der Waals surface area contributed by atoms with E-state index in [1.165, 1.54) is 36.9 Å². The molecule has 2 heteroatoms. The lowest BCUT2D eigenvalue weighted by Crippen LogP contribution is -2.08. The van der Waals surface area contributed by atoms with E-state index < -0.39 is 0 Å². The van der Waals surface area contributed by atoms with Crippen molar-refractivity contribution >= 4 is 11.8 Å². The highest BCUT2D eigenvalue weighted by Gasteiger charge is 2.14. The minimum absolute atomic E-state index is 0.950. The molecule has 0 aromatic carbocycles. The maximum Gasteiger partial charge on any atom is 0.151 e. The summed E-state index contributed by atoms with van der Waals surface area (Å²) in [6.45, 7) is 3.17. The van der Waals surface area contributed by atoms with Gasteiger partial charge in [0.25, 0.3) is 0 Å². The highest BCUT2D eigenvalue weighted by molar-refractivity contribution is 8.01. The van der Waals surface area contributed by atoms with E-state index in [1.54, 1.807) is 0 Å². The molecular formula is C8H15OS. The molecule has 0 atom stereocenters. The molecule has 59 valence electrons. The molecule has 0 amide bonds. The van der Waals surface area contributed by atoms with Crippen molar-refractivity contribution in [3.05, 3.63) is 5.44 Å². The van der Waals surface area contributed by atoms with Crippen molar-refractivity contribution in [3.63, 3.8) is 0 Å². The first-order chi connectivity index (χ1) is 4.93. The summed E-state index contributed by atoms with van der Waals surface area (Å²) < 4.78 is 5.46. The van der Waals surface area contributed by atoms with E-state index >= 15 is 0 Å². The lowest BCUT2D eigenvalue weighted by atomic mass is 10.3. The average molecular weight is 159 g/mol. The van der Waals surface area contributed by atoms with Crippen molar-refractivity contribution in [2.45, 2.75) is 32.6 Å². The second-order valence-electron chi connectivity index (χ2n) is 2.53. The van der Waals surface area contributed by atoms with Crippen LogP contribution in [0.25, 0.3) is 0 Å². The third kappa shape index (κ3) is 2.93. The minimum atomic E-state index is 0.950. The molecule has 1 heterocycles. The van der Waals surface area contributed by atoms with Gasteiger partial charge in [0.05, 0.1) is 0 Å². The molecule has 1 fully saturated rings. The third-order valence-corrected chi connectivity index (χ3v) is 2.69. The van der Waals surface area contributed by atoms with Gasteiger partial charge in [-0.05, 0) is 25.0 Å². The van der Waals surface area contributed by atoms with Gasteiger partial charge in [0.15, 0.2) is 5.44 Å².